The standard InChI is InChI=1S/C23H25N3O2/c1-3-4-8-15-26-17(2)16-20(27)21(22(26)18-11-13-24-14-12-18)23(28)25-19-9-6-5-7-10-19/h5-7,9-14,16H,3-4,8,15H2,1-2H3,(H,25,28). The van der Waals surface area contributed by atoms with Crippen molar-refractivity contribution in [3.63, 3.8) is 0 Å². The minimum Gasteiger partial charge on any atom is -0.344 e. The van der Waals surface area contributed by atoms with Crippen LogP contribution in [-0.2, 0) is 6.54 Å². The molecule has 0 saturated carbocycles. The van der Waals surface area contributed by atoms with Crippen molar-refractivity contribution in [2.24, 2.45) is 0 Å². The summed E-state index contributed by atoms with van der Waals surface area (Å²) >= 11 is 0. The van der Waals surface area contributed by atoms with Crippen LogP contribution < -0.4 is 10.7 Å². The summed E-state index contributed by atoms with van der Waals surface area (Å²) in [4.78, 5) is 30.0. The van der Waals surface area contributed by atoms with Crippen LogP contribution in [-0.4, -0.2) is 15.5 Å². The molecule has 28 heavy (non-hydrogen) atoms. The number of carbonyl (C=O) groups excluding carboxylic acids is 1. The Balaban J connectivity index is 2.13. The smallest absolute Gasteiger partial charge is 0.261 e. The molecule has 2 heterocycles. The van der Waals surface area contributed by atoms with Crippen LogP contribution in [0.5, 0.6) is 0 Å². The fraction of sp³-hybridized carbons (Fsp3) is 0.261. The number of anilines is 1. The van der Waals surface area contributed by atoms with Gasteiger partial charge < -0.3 is 9.88 Å². The Morgan fingerprint density at radius 3 is 2.46 bits per heavy atom. The van der Waals surface area contributed by atoms with Crippen LogP contribution in [0.1, 0.15) is 42.2 Å². The van der Waals surface area contributed by atoms with Gasteiger partial charge in [-0.1, -0.05) is 38.0 Å². The highest BCUT2D eigenvalue weighted by Gasteiger charge is 2.21. The molecule has 1 N–H and O–H groups in total. The minimum atomic E-state index is -0.396. The molecular weight excluding hydrogens is 350 g/mol. The van der Waals surface area contributed by atoms with Gasteiger partial charge in [-0.25, -0.2) is 0 Å². The Labute approximate surface area is 165 Å². The van der Waals surface area contributed by atoms with Crippen molar-refractivity contribution in [3.05, 3.63) is 82.4 Å². The lowest BCUT2D eigenvalue weighted by atomic mass is 10.0. The van der Waals surface area contributed by atoms with E-state index in [-0.39, 0.29) is 11.0 Å². The Hall–Kier alpha value is -3.21. The zero-order valence-corrected chi connectivity index (χ0v) is 16.3. The fourth-order valence-electron chi connectivity index (χ4n) is 3.32. The number of pyridine rings is 2. The van der Waals surface area contributed by atoms with Gasteiger partial charge in [0.2, 0.25) is 0 Å². The lowest BCUT2D eigenvalue weighted by Gasteiger charge is -2.20. The van der Waals surface area contributed by atoms with E-state index in [9.17, 15) is 9.59 Å². The molecule has 0 aliphatic rings. The van der Waals surface area contributed by atoms with E-state index in [1.165, 1.54) is 0 Å². The minimum absolute atomic E-state index is 0.164. The monoisotopic (exact) mass is 375 g/mol. The maximum Gasteiger partial charge on any atom is 0.261 e. The molecule has 0 unspecified atom stereocenters. The van der Waals surface area contributed by atoms with Crippen molar-refractivity contribution in [1.82, 2.24) is 9.55 Å². The van der Waals surface area contributed by atoms with Crippen LogP contribution in [0.4, 0.5) is 5.69 Å². The maximum atomic E-state index is 13.1. The van der Waals surface area contributed by atoms with Crippen LogP contribution in [0.3, 0.4) is 0 Å². The molecule has 0 spiro atoms. The molecule has 1 aromatic carbocycles. The summed E-state index contributed by atoms with van der Waals surface area (Å²) in [5.74, 6) is -0.396. The first-order valence-corrected chi connectivity index (χ1v) is 9.63. The van der Waals surface area contributed by atoms with E-state index in [2.05, 4.69) is 21.8 Å². The predicted octanol–water partition coefficient (Wildman–Crippen LogP) is 4.66. The number of benzene rings is 1. The number of aromatic nitrogens is 2. The van der Waals surface area contributed by atoms with Gasteiger partial charge in [-0.05, 0) is 37.6 Å². The van der Waals surface area contributed by atoms with E-state index in [0.717, 1.165) is 37.1 Å². The molecule has 0 aliphatic carbocycles. The summed E-state index contributed by atoms with van der Waals surface area (Å²) in [6.45, 7) is 4.82. The van der Waals surface area contributed by atoms with Crippen LogP contribution in [0.2, 0.25) is 0 Å². The zero-order chi connectivity index (χ0) is 19.9. The van der Waals surface area contributed by atoms with E-state index in [1.54, 1.807) is 30.6 Å². The van der Waals surface area contributed by atoms with E-state index >= 15 is 0 Å². The van der Waals surface area contributed by atoms with Crippen LogP contribution >= 0.6 is 0 Å². The van der Waals surface area contributed by atoms with Crippen molar-refractivity contribution in [2.75, 3.05) is 5.32 Å². The van der Waals surface area contributed by atoms with Crippen molar-refractivity contribution < 1.29 is 4.79 Å². The normalized spacial score (nSPS) is 10.6. The summed E-state index contributed by atoms with van der Waals surface area (Å²) in [5.41, 5.74) is 2.86. The first-order chi connectivity index (χ1) is 13.6. The highest BCUT2D eigenvalue weighted by atomic mass is 16.2. The van der Waals surface area contributed by atoms with Crippen LogP contribution in [0.15, 0.2) is 65.7 Å². The van der Waals surface area contributed by atoms with Gasteiger partial charge in [0.15, 0.2) is 5.43 Å². The SMILES string of the molecule is CCCCCn1c(C)cc(=O)c(C(=O)Nc2ccccc2)c1-c1ccncc1. The summed E-state index contributed by atoms with van der Waals surface area (Å²) in [6.07, 6.45) is 6.53. The number of aryl methyl sites for hydroxylation is 1. The summed E-state index contributed by atoms with van der Waals surface area (Å²) in [7, 11) is 0. The number of carbonyl (C=O) groups is 1. The number of hydrogen-bond acceptors (Lipinski definition) is 3. The van der Waals surface area contributed by atoms with Crippen molar-refractivity contribution in [3.8, 4) is 11.3 Å². The second-order valence-electron chi connectivity index (χ2n) is 6.79. The van der Waals surface area contributed by atoms with Gasteiger partial charge >= 0.3 is 0 Å². The first kappa shape index (κ1) is 19.5. The van der Waals surface area contributed by atoms with Gasteiger partial charge in [-0.15, -0.1) is 0 Å². The Bertz CT molecular complexity index is 996. The molecule has 1 amide bonds. The Morgan fingerprint density at radius 2 is 1.79 bits per heavy atom. The topological polar surface area (TPSA) is 64.0 Å². The largest absolute Gasteiger partial charge is 0.344 e. The predicted molar refractivity (Wildman–Crippen MR) is 113 cm³/mol. The highest BCUT2D eigenvalue weighted by molar-refractivity contribution is 6.08. The average molecular weight is 375 g/mol. The van der Waals surface area contributed by atoms with Gasteiger partial charge in [0.25, 0.3) is 5.91 Å². The number of amides is 1. The summed E-state index contributed by atoms with van der Waals surface area (Å²) in [5, 5.41) is 2.86. The molecule has 0 bridgehead atoms. The number of hydrogen-bond donors (Lipinski definition) is 1. The molecule has 2 aromatic heterocycles. The quantitative estimate of drug-likeness (QED) is 0.611. The molecule has 144 valence electrons. The summed E-state index contributed by atoms with van der Waals surface area (Å²) in [6, 6.07) is 14.4. The Morgan fingerprint density at radius 1 is 1.07 bits per heavy atom. The number of nitrogens with zero attached hydrogens (tertiary/aromatic N) is 2. The second-order valence-corrected chi connectivity index (χ2v) is 6.79. The van der Waals surface area contributed by atoms with Gasteiger partial charge in [0, 0.05) is 41.9 Å². The molecule has 5 heteroatoms. The molecule has 0 atom stereocenters. The third kappa shape index (κ3) is 4.36. The average Bonchev–Trinajstić information content (AvgIpc) is 2.70. The highest BCUT2D eigenvalue weighted by Crippen LogP contribution is 2.24. The lowest BCUT2D eigenvalue weighted by molar-refractivity contribution is 0.102. The summed E-state index contributed by atoms with van der Waals surface area (Å²) < 4.78 is 2.08. The molecule has 3 rings (SSSR count). The van der Waals surface area contributed by atoms with E-state index in [1.807, 2.05) is 37.3 Å². The van der Waals surface area contributed by atoms with Gasteiger partial charge in [-0.3, -0.25) is 14.6 Å². The van der Waals surface area contributed by atoms with Crippen molar-refractivity contribution in [1.29, 1.82) is 0 Å². The third-order valence-electron chi connectivity index (χ3n) is 4.72. The van der Waals surface area contributed by atoms with E-state index in [0.29, 0.717) is 11.4 Å². The van der Waals surface area contributed by atoms with Gasteiger partial charge in [0.05, 0.1) is 5.69 Å². The molecular formula is C23H25N3O2. The fourth-order valence-corrected chi connectivity index (χ4v) is 3.32. The lowest BCUT2D eigenvalue weighted by Crippen LogP contribution is -2.26. The van der Waals surface area contributed by atoms with Crippen molar-refractivity contribution in [2.45, 2.75) is 39.7 Å². The Kier molecular flexibility index (Phi) is 6.37. The van der Waals surface area contributed by atoms with E-state index in [4.69, 9.17) is 0 Å². The zero-order valence-electron chi connectivity index (χ0n) is 16.3. The van der Waals surface area contributed by atoms with Crippen LogP contribution in [0.25, 0.3) is 11.3 Å². The molecule has 5 nitrogen and oxygen atoms in total. The van der Waals surface area contributed by atoms with Gasteiger partial charge in [0.1, 0.15) is 5.56 Å². The van der Waals surface area contributed by atoms with Crippen molar-refractivity contribution >= 4 is 11.6 Å². The number of nitrogens with one attached hydrogen (secondary N) is 1. The molecule has 0 saturated heterocycles. The first-order valence-electron chi connectivity index (χ1n) is 9.63. The van der Waals surface area contributed by atoms with Crippen LogP contribution in [0, 0.1) is 6.92 Å². The van der Waals surface area contributed by atoms with E-state index < -0.39 is 5.91 Å². The number of unbranched alkanes of at least 4 members (excludes halogenated alkanes) is 2. The number of para-hydroxylation sites is 1. The molecule has 0 aliphatic heterocycles. The molecule has 3 aromatic rings. The second kappa shape index (κ2) is 9.13. The molecule has 0 radical (unpaired) electrons. The molecule has 0 fully saturated rings. The maximum absolute atomic E-state index is 13.1. The third-order valence-corrected chi connectivity index (χ3v) is 4.72. The number of rotatable bonds is 7. The van der Waals surface area contributed by atoms with Gasteiger partial charge in [-0.2, -0.15) is 0 Å².